The van der Waals surface area contributed by atoms with Crippen molar-refractivity contribution in [3.8, 4) is 0 Å². The first-order valence-corrected chi connectivity index (χ1v) is 6.45. The van der Waals surface area contributed by atoms with E-state index in [0.29, 0.717) is 17.3 Å². The van der Waals surface area contributed by atoms with Crippen LogP contribution in [0.1, 0.15) is 23.4 Å². The first kappa shape index (κ1) is 11.5. The molecule has 0 radical (unpaired) electrons. The smallest absolute Gasteiger partial charge is 0.272 e. The van der Waals surface area contributed by atoms with Crippen molar-refractivity contribution in [3.63, 3.8) is 0 Å². The van der Waals surface area contributed by atoms with Gasteiger partial charge >= 0.3 is 0 Å². The average molecular weight is 261 g/mol. The van der Waals surface area contributed by atoms with Crippen molar-refractivity contribution in [2.75, 3.05) is 0 Å². The van der Waals surface area contributed by atoms with Gasteiger partial charge in [0.1, 0.15) is 10.8 Å². The van der Waals surface area contributed by atoms with Gasteiger partial charge in [-0.15, -0.1) is 0 Å². The first-order chi connectivity index (χ1) is 8.75. The van der Waals surface area contributed by atoms with Crippen LogP contribution in [0.3, 0.4) is 0 Å². The van der Waals surface area contributed by atoms with Crippen molar-refractivity contribution in [2.24, 2.45) is 0 Å². The molecule has 4 heteroatoms. The average Bonchev–Trinajstić information content (AvgIpc) is 2.87. The molecule has 92 valence electrons. The van der Waals surface area contributed by atoms with Crippen LogP contribution in [0.25, 0.3) is 0 Å². The van der Waals surface area contributed by atoms with Crippen LogP contribution in [0.2, 0.25) is 5.15 Å². The van der Waals surface area contributed by atoms with Crippen molar-refractivity contribution < 1.29 is 0 Å². The van der Waals surface area contributed by atoms with Crippen LogP contribution < -0.4 is 5.56 Å². The molecule has 1 aliphatic rings. The molecule has 0 atom stereocenters. The van der Waals surface area contributed by atoms with Gasteiger partial charge in [0.25, 0.3) is 5.56 Å². The number of nitrogens with zero attached hydrogens (tertiary/aromatic N) is 2. The van der Waals surface area contributed by atoms with E-state index < -0.39 is 0 Å². The Hall–Kier alpha value is -1.61. The summed E-state index contributed by atoms with van der Waals surface area (Å²) in [6.45, 7) is 0.762. The van der Waals surface area contributed by atoms with Crippen LogP contribution in [0.4, 0.5) is 0 Å². The van der Waals surface area contributed by atoms with Crippen molar-refractivity contribution >= 4 is 11.6 Å². The molecule has 0 fully saturated rings. The lowest BCUT2D eigenvalue weighted by molar-refractivity contribution is 0.703. The maximum Gasteiger partial charge on any atom is 0.272 e. The Morgan fingerprint density at radius 3 is 2.83 bits per heavy atom. The van der Waals surface area contributed by atoms with Gasteiger partial charge in [0, 0.05) is 13.0 Å². The largest absolute Gasteiger partial charge is 0.308 e. The predicted molar refractivity (Wildman–Crippen MR) is 71.1 cm³/mol. The number of rotatable bonds is 2. The van der Waals surface area contributed by atoms with E-state index in [1.165, 1.54) is 0 Å². The molecule has 0 amide bonds. The topological polar surface area (TPSA) is 34.9 Å². The van der Waals surface area contributed by atoms with E-state index in [-0.39, 0.29) is 5.56 Å². The SMILES string of the molecule is O=c1c(Cc2ccccc2)nc(Cl)c2n1CCC2. The van der Waals surface area contributed by atoms with Crippen LogP contribution in [-0.2, 0) is 19.4 Å². The fourth-order valence-electron chi connectivity index (χ4n) is 2.40. The van der Waals surface area contributed by atoms with Gasteiger partial charge in [0.15, 0.2) is 0 Å². The van der Waals surface area contributed by atoms with E-state index in [4.69, 9.17) is 11.6 Å². The highest BCUT2D eigenvalue weighted by molar-refractivity contribution is 6.30. The molecule has 0 aliphatic carbocycles. The molecule has 1 aromatic carbocycles. The third-order valence-corrected chi connectivity index (χ3v) is 3.60. The Morgan fingerprint density at radius 1 is 1.28 bits per heavy atom. The zero-order valence-corrected chi connectivity index (χ0v) is 10.7. The zero-order chi connectivity index (χ0) is 12.5. The van der Waals surface area contributed by atoms with E-state index in [2.05, 4.69) is 4.98 Å². The van der Waals surface area contributed by atoms with Crippen LogP contribution in [0.15, 0.2) is 35.1 Å². The lowest BCUT2D eigenvalue weighted by Crippen LogP contribution is -2.25. The summed E-state index contributed by atoms with van der Waals surface area (Å²) in [6.07, 6.45) is 2.37. The summed E-state index contributed by atoms with van der Waals surface area (Å²) in [4.78, 5) is 16.5. The van der Waals surface area contributed by atoms with E-state index in [1.807, 2.05) is 30.3 Å². The minimum Gasteiger partial charge on any atom is -0.308 e. The normalized spacial score (nSPS) is 13.6. The summed E-state index contributed by atoms with van der Waals surface area (Å²) in [6, 6.07) is 9.86. The van der Waals surface area contributed by atoms with Gasteiger partial charge in [0.2, 0.25) is 0 Å². The van der Waals surface area contributed by atoms with Crippen LogP contribution in [0.5, 0.6) is 0 Å². The lowest BCUT2D eigenvalue weighted by atomic mass is 10.1. The molecule has 0 unspecified atom stereocenters. The van der Waals surface area contributed by atoms with Gasteiger partial charge in [0.05, 0.1) is 5.69 Å². The summed E-state index contributed by atoms with van der Waals surface area (Å²) < 4.78 is 1.77. The second-order valence-corrected chi connectivity index (χ2v) is 4.88. The van der Waals surface area contributed by atoms with E-state index in [9.17, 15) is 4.79 Å². The molecule has 2 aromatic rings. The molecule has 3 nitrogen and oxygen atoms in total. The molecule has 0 saturated heterocycles. The molecule has 3 rings (SSSR count). The Bertz CT molecular complexity index is 634. The Labute approximate surface area is 110 Å². The summed E-state index contributed by atoms with van der Waals surface area (Å²) in [5.41, 5.74) is 2.52. The first-order valence-electron chi connectivity index (χ1n) is 6.08. The number of benzene rings is 1. The summed E-state index contributed by atoms with van der Waals surface area (Å²) >= 11 is 6.14. The number of halogens is 1. The van der Waals surface area contributed by atoms with Crippen LogP contribution >= 0.6 is 11.6 Å². The minimum absolute atomic E-state index is 0.00996. The van der Waals surface area contributed by atoms with E-state index in [1.54, 1.807) is 4.57 Å². The molecule has 2 heterocycles. The van der Waals surface area contributed by atoms with Gasteiger partial charge in [-0.2, -0.15) is 0 Å². The van der Waals surface area contributed by atoms with Crippen molar-refractivity contribution in [1.82, 2.24) is 9.55 Å². The number of hydrogen-bond donors (Lipinski definition) is 0. The lowest BCUT2D eigenvalue weighted by Gasteiger charge is -2.08. The van der Waals surface area contributed by atoms with Gasteiger partial charge in [-0.25, -0.2) is 4.98 Å². The second-order valence-electron chi connectivity index (χ2n) is 4.52. The summed E-state index contributed by atoms with van der Waals surface area (Å²) in [5.74, 6) is 0. The molecule has 0 spiro atoms. The van der Waals surface area contributed by atoms with Crippen LogP contribution in [-0.4, -0.2) is 9.55 Å². The highest BCUT2D eigenvalue weighted by atomic mass is 35.5. The Balaban J connectivity index is 2.04. The van der Waals surface area contributed by atoms with Gasteiger partial charge in [-0.3, -0.25) is 4.79 Å². The molecule has 0 bridgehead atoms. The quantitative estimate of drug-likeness (QED) is 0.831. The van der Waals surface area contributed by atoms with E-state index in [0.717, 1.165) is 30.6 Å². The molecule has 0 N–H and O–H groups in total. The Morgan fingerprint density at radius 2 is 2.06 bits per heavy atom. The van der Waals surface area contributed by atoms with Crippen molar-refractivity contribution in [2.45, 2.75) is 25.8 Å². The number of hydrogen-bond acceptors (Lipinski definition) is 2. The molecular formula is C14H13ClN2O. The van der Waals surface area contributed by atoms with Gasteiger partial charge < -0.3 is 4.57 Å². The predicted octanol–water partition coefficient (Wildman–Crippen LogP) is 2.43. The van der Waals surface area contributed by atoms with Crippen molar-refractivity contribution in [1.29, 1.82) is 0 Å². The molecule has 1 aromatic heterocycles. The second kappa shape index (κ2) is 4.58. The Kier molecular flexibility index (Phi) is 2.92. The summed E-state index contributed by atoms with van der Waals surface area (Å²) in [7, 11) is 0. The molecule has 18 heavy (non-hydrogen) atoms. The van der Waals surface area contributed by atoms with Gasteiger partial charge in [-0.05, 0) is 18.4 Å². The van der Waals surface area contributed by atoms with Crippen LogP contribution in [0, 0.1) is 0 Å². The monoisotopic (exact) mass is 260 g/mol. The standard InChI is InChI=1S/C14H13ClN2O/c15-13-12-7-4-8-17(12)14(18)11(16-13)9-10-5-2-1-3-6-10/h1-3,5-6H,4,7-9H2. The number of aromatic nitrogens is 2. The molecular weight excluding hydrogens is 248 g/mol. The maximum atomic E-state index is 12.3. The maximum absolute atomic E-state index is 12.3. The van der Waals surface area contributed by atoms with Gasteiger partial charge in [-0.1, -0.05) is 41.9 Å². The zero-order valence-electron chi connectivity index (χ0n) is 9.90. The third-order valence-electron chi connectivity index (χ3n) is 3.30. The van der Waals surface area contributed by atoms with E-state index >= 15 is 0 Å². The number of fused-ring (bicyclic) bond motifs is 1. The fourth-order valence-corrected chi connectivity index (χ4v) is 2.70. The summed E-state index contributed by atoms with van der Waals surface area (Å²) in [5, 5.41) is 0.484. The van der Waals surface area contributed by atoms with Crippen molar-refractivity contribution in [3.05, 3.63) is 62.8 Å². The molecule has 0 saturated carbocycles. The highest BCUT2D eigenvalue weighted by Gasteiger charge is 2.19. The minimum atomic E-state index is 0.00996. The fraction of sp³-hybridized carbons (Fsp3) is 0.286. The molecule has 1 aliphatic heterocycles. The highest BCUT2D eigenvalue weighted by Crippen LogP contribution is 2.20. The third kappa shape index (κ3) is 1.95.